The summed E-state index contributed by atoms with van der Waals surface area (Å²) in [6.07, 6.45) is 0. The molecule has 0 bridgehead atoms. The Hall–Kier alpha value is -0.430. The number of hydrogen-bond donors (Lipinski definition) is 2. The van der Waals surface area contributed by atoms with Gasteiger partial charge < -0.3 is 5.32 Å². The van der Waals surface area contributed by atoms with E-state index in [1.165, 1.54) is 4.88 Å². The van der Waals surface area contributed by atoms with Gasteiger partial charge in [-0.25, -0.2) is 13.1 Å². The second kappa shape index (κ2) is 6.22. The zero-order chi connectivity index (χ0) is 11.1. The fourth-order valence-electron chi connectivity index (χ4n) is 1.12. The molecule has 0 atom stereocenters. The lowest BCUT2D eigenvalue weighted by atomic mass is 10.4. The molecular weight excluding hydrogens is 232 g/mol. The van der Waals surface area contributed by atoms with Gasteiger partial charge in [-0.05, 0) is 11.4 Å². The van der Waals surface area contributed by atoms with Crippen molar-refractivity contribution in [1.82, 2.24) is 10.0 Å². The second-order valence-electron chi connectivity index (χ2n) is 3.07. The van der Waals surface area contributed by atoms with E-state index in [2.05, 4.69) is 10.0 Å². The predicted molar refractivity (Wildman–Crippen MR) is 63.5 cm³/mol. The van der Waals surface area contributed by atoms with Gasteiger partial charge in [0.25, 0.3) is 0 Å². The Morgan fingerprint density at radius 2 is 2.27 bits per heavy atom. The van der Waals surface area contributed by atoms with Crippen LogP contribution in [0.2, 0.25) is 0 Å². The third-order valence-corrected chi connectivity index (χ3v) is 4.14. The lowest BCUT2D eigenvalue weighted by Crippen LogP contribution is -2.31. The van der Waals surface area contributed by atoms with Crippen LogP contribution >= 0.6 is 11.3 Å². The number of nitrogens with one attached hydrogen (secondary N) is 2. The summed E-state index contributed by atoms with van der Waals surface area (Å²) in [5.41, 5.74) is 0. The highest BCUT2D eigenvalue weighted by molar-refractivity contribution is 7.89. The molecule has 1 rings (SSSR count). The first-order valence-electron chi connectivity index (χ1n) is 4.84. The standard InChI is InChI=1S/C9H16N2O2S2/c1-2-11-15(12,13)7-5-10-8-9-4-3-6-14-9/h3-4,6,10-11H,2,5,7-8H2,1H3. The van der Waals surface area contributed by atoms with Gasteiger partial charge in [0.15, 0.2) is 0 Å². The molecule has 0 amide bonds. The normalized spacial score (nSPS) is 11.8. The van der Waals surface area contributed by atoms with E-state index < -0.39 is 10.0 Å². The summed E-state index contributed by atoms with van der Waals surface area (Å²) >= 11 is 1.66. The van der Waals surface area contributed by atoms with Crippen LogP contribution < -0.4 is 10.0 Å². The van der Waals surface area contributed by atoms with Crippen molar-refractivity contribution < 1.29 is 8.42 Å². The zero-order valence-electron chi connectivity index (χ0n) is 8.69. The molecule has 1 heterocycles. The van der Waals surface area contributed by atoms with E-state index in [4.69, 9.17) is 0 Å². The first-order valence-corrected chi connectivity index (χ1v) is 7.37. The van der Waals surface area contributed by atoms with Crippen LogP contribution in [0.5, 0.6) is 0 Å². The van der Waals surface area contributed by atoms with Crippen molar-refractivity contribution in [2.24, 2.45) is 0 Å². The van der Waals surface area contributed by atoms with Crippen molar-refractivity contribution in [3.63, 3.8) is 0 Å². The Balaban J connectivity index is 2.17. The molecule has 4 nitrogen and oxygen atoms in total. The smallest absolute Gasteiger partial charge is 0.212 e. The van der Waals surface area contributed by atoms with Crippen molar-refractivity contribution >= 4 is 21.4 Å². The molecule has 0 unspecified atom stereocenters. The van der Waals surface area contributed by atoms with Gasteiger partial charge in [-0.3, -0.25) is 0 Å². The number of sulfonamides is 1. The van der Waals surface area contributed by atoms with Gasteiger partial charge in [0.2, 0.25) is 10.0 Å². The molecule has 0 fully saturated rings. The fraction of sp³-hybridized carbons (Fsp3) is 0.556. The first-order chi connectivity index (χ1) is 7.14. The Labute approximate surface area is 94.8 Å². The minimum atomic E-state index is -3.08. The van der Waals surface area contributed by atoms with Crippen LogP contribution in [0.4, 0.5) is 0 Å². The zero-order valence-corrected chi connectivity index (χ0v) is 10.3. The molecule has 0 aliphatic carbocycles. The summed E-state index contributed by atoms with van der Waals surface area (Å²) < 4.78 is 24.9. The fourth-order valence-corrected chi connectivity index (χ4v) is 2.80. The van der Waals surface area contributed by atoms with E-state index >= 15 is 0 Å². The third-order valence-electron chi connectivity index (χ3n) is 1.79. The topological polar surface area (TPSA) is 58.2 Å². The molecule has 0 aromatic carbocycles. The van der Waals surface area contributed by atoms with Gasteiger partial charge in [0.1, 0.15) is 0 Å². The molecule has 15 heavy (non-hydrogen) atoms. The molecule has 1 aromatic heterocycles. The maximum atomic E-state index is 11.2. The van der Waals surface area contributed by atoms with E-state index in [0.717, 1.165) is 6.54 Å². The lowest BCUT2D eigenvalue weighted by molar-refractivity contribution is 0.579. The summed E-state index contributed by atoms with van der Waals surface area (Å²) in [7, 11) is -3.08. The highest BCUT2D eigenvalue weighted by Gasteiger charge is 2.06. The molecule has 0 aliphatic heterocycles. The first kappa shape index (κ1) is 12.6. The van der Waals surface area contributed by atoms with Crippen molar-refractivity contribution in [3.8, 4) is 0 Å². The van der Waals surface area contributed by atoms with Gasteiger partial charge >= 0.3 is 0 Å². The third kappa shape index (κ3) is 5.27. The molecule has 0 saturated heterocycles. The monoisotopic (exact) mass is 248 g/mol. The largest absolute Gasteiger partial charge is 0.311 e. The molecule has 86 valence electrons. The molecule has 1 aromatic rings. The van der Waals surface area contributed by atoms with Gasteiger partial charge in [-0.1, -0.05) is 13.0 Å². The van der Waals surface area contributed by atoms with Crippen molar-refractivity contribution in [1.29, 1.82) is 0 Å². The maximum Gasteiger partial charge on any atom is 0.212 e. The van der Waals surface area contributed by atoms with Gasteiger partial charge in [-0.15, -0.1) is 11.3 Å². The molecule has 0 aliphatic rings. The van der Waals surface area contributed by atoms with E-state index in [1.54, 1.807) is 18.3 Å². The number of hydrogen-bond acceptors (Lipinski definition) is 4. The SMILES string of the molecule is CCNS(=O)(=O)CCNCc1cccs1. The van der Waals surface area contributed by atoms with Crippen LogP contribution in [0.3, 0.4) is 0 Å². The van der Waals surface area contributed by atoms with E-state index in [-0.39, 0.29) is 5.75 Å². The molecule has 6 heteroatoms. The van der Waals surface area contributed by atoms with Crippen LogP contribution in [0.15, 0.2) is 17.5 Å². The molecule has 0 saturated carbocycles. The van der Waals surface area contributed by atoms with Crippen LogP contribution in [0.25, 0.3) is 0 Å². The van der Waals surface area contributed by atoms with E-state index in [0.29, 0.717) is 13.1 Å². The number of thiophene rings is 1. The Morgan fingerprint density at radius 1 is 1.47 bits per heavy atom. The Kier molecular flexibility index (Phi) is 5.24. The highest BCUT2D eigenvalue weighted by atomic mass is 32.2. The van der Waals surface area contributed by atoms with Crippen LogP contribution in [-0.4, -0.2) is 27.3 Å². The molecule has 0 radical (unpaired) electrons. The average Bonchev–Trinajstić information content (AvgIpc) is 2.65. The highest BCUT2D eigenvalue weighted by Crippen LogP contribution is 2.06. The van der Waals surface area contributed by atoms with Crippen molar-refractivity contribution in [3.05, 3.63) is 22.4 Å². The Morgan fingerprint density at radius 3 is 2.87 bits per heavy atom. The second-order valence-corrected chi connectivity index (χ2v) is 6.03. The summed E-state index contributed by atoms with van der Waals surface area (Å²) in [6, 6.07) is 4.01. The minimum absolute atomic E-state index is 0.131. The Bertz CT molecular complexity index is 359. The van der Waals surface area contributed by atoms with Gasteiger partial charge in [-0.2, -0.15) is 0 Å². The van der Waals surface area contributed by atoms with Crippen LogP contribution in [0, 0.1) is 0 Å². The summed E-state index contributed by atoms with van der Waals surface area (Å²) in [6.45, 7) is 3.44. The summed E-state index contributed by atoms with van der Waals surface area (Å²) in [5, 5.41) is 5.10. The quantitative estimate of drug-likeness (QED) is 0.701. The van der Waals surface area contributed by atoms with E-state index in [9.17, 15) is 8.42 Å². The van der Waals surface area contributed by atoms with Crippen molar-refractivity contribution in [2.75, 3.05) is 18.8 Å². The van der Waals surface area contributed by atoms with Crippen molar-refractivity contribution in [2.45, 2.75) is 13.5 Å². The van der Waals surface area contributed by atoms with E-state index in [1.807, 2.05) is 17.5 Å². The maximum absolute atomic E-state index is 11.2. The molecule has 0 spiro atoms. The predicted octanol–water partition coefficient (Wildman–Crippen LogP) is 0.777. The summed E-state index contributed by atoms with van der Waals surface area (Å²) in [5.74, 6) is 0.131. The number of rotatable bonds is 7. The lowest BCUT2D eigenvalue weighted by Gasteiger charge is -2.05. The van der Waals surface area contributed by atoms with Crippen LogP contribution in [-0.2, 0) is 16.6 Å². The summed E-state index contributed by atoms with van der Waals surface area (Å²) in [4.78, 5) is 1.22. The van der Waals surface area contributed by atoms with Gasteiger partial charge in [0, 0.05) is 24.5 Å². The van der Waals surface area contributed by atoms with Gasteiger partial charge in [0.05, 0.1) is 5.75 Å². The molecular formula is C9H16N2O2S2. The van der Waals surface area contributed by atoms with Crippen LogP contribution in [0.1, 0.15) is 11.8 Å². The minimum Gasteiger partial charge on any atom is -0.311 e. The molecule has 2 N–H and O–H groups in total. The average molecular weight is 248 g/mol.